The van der Waals surface area contributed by atoms with E-state index < -0.39 is 24.1 Å². The van der Waals surface area contributed by atoms with E-state index in [1.807, 2.05) is 0 Å². The first-order valence-electron chi connectivity index (χ1n) is 5.27. The molecule has 1 saturated heterocycles. The van der Waals surface area contributed by atoms with Gasteiger partial charge in [0.1, 0.15) is 12.2 Å². The molecule has 5 atom stereocenters. The van der Waals surface area contributed by atoms with Gasteiger partial charge in [0, 0.05) is 12.5 Å². The van der Waals surface area contributed by atoms with Crippen molar-refractivity contribution < 1.29 is 24.8 Å². The maximum absolute atomic E-state index is 9.76. The number of ether oxygens (including phenoxy) is 2. The molecule has 15 heavy (non-hydrogen) atoms. The lowest BCUT2D eigenvalue weighted by atomic mass is 9.81. The van der Waals surface area contributed by atoms with Crippen molar-refractivity contribution in [2.24, 2.45) is 5.92 Å². The topological polar surface area (TPSA) is 79.2 Å². The van der Waals surface area contributed by atoms with Crippen molar-refractivity contribution in [3.63, 3.8) is 0 Å². The Hall–Kier alpha value is -0.200. The van der Waals surface area contributed by atoms with E-state index in [0.29, 0.717) is 6.42 Å². The van der Waals surface area contributed by atoms with Crippen LogP contribution in [0.5, 0.6) is 0 Å². The Kier molecular flexibility index (Phi) is 2.77. The Morgan fingerprint density at radius 3 is 2.40 bits per heavy atom. The molecule has 0 aromatic heterocycles. The van der Waals surface area contributed by atoms with Crippen LogP contribution in [0.3, 0.4) is 0 Å². The highest BCUT2D eigenvalue weighted by molar-refractivity contribution is 4.98. The molecule has 0 bridgehead atoms. The van der Waals surface area contributed by atoms with E-state index in [4.69, 9.17) is 9.47 Å². The van der Waals surface area contributed by atoms with Gasteiger partial charge < -0.3 is 24.8 Å². The smallest absolute Gasteiger partial charge is 0.163 e. The fourth-order valence-corrected chi connectivity index (χ4v) is 2.43. The largest absolute Gasteiger partial charge is 0.396 e. The molecule has 2 aliphatic rings. The van der Waals surface area contributed by atoms with Gasteiger partial charge in [0.15, 0.2) is 5.79 Å². The zero-order chi connectivity index (χ0) is 11.2. The molecule has 0 unspecified atom stereocenters. The number of rotatable bonds is 1. The van der Waals surface area contributed by atoms with Crippen molar-refractivity contribution in [2.75, 3.05) is 6.61 Å². The summed E-state index contributed by atoms with van der Waals surface area (Å²) in [6.45, 7) is 3.46. The van der Waals surface area contributed by atoms with Crippen LogP contribution in [0.15, 0.2) is 0 Å². The molecule has 1 aliphatic carbocycles. The van der Waals surface area contributed by atoms with Gasteiger partial charge in [-0.25, -0.2) is 0 Å². The molecule has 88 valence electrons. The highest BCUT2D eigenvalue weighted by Gasteiger charge is 2.53. The molecule has 1 saturated carbocycles. The van der Waals surface area contributed by atoms with Gasteiger partial charge in [-0.2, -0.15) is 0 Å². The summed E-state index contributed by atoms with van der Waals surface area (Å²) < 4.78 is 11.1. The first-order chi connectivity index (χ1) is 6.94. The maximum atomic E-state index is 9.76. The summed E-state index contributed by atoms with van der Waals surface area (Å²) in [6, 6.07) is 0. The summed E-state index contributed by atoms with van der Waals surface area (Å²) in [7, 11) is 0. The van der Waals surface area contributed by atoms with Crippen molar-refractivity contribution in [3.8, 4) is 0 Å². The summed E-state index contributed by atoms with van der Waals surface area (Å²) in [6.07, 6.45) is -2.30. The van der Waals surface area contributed by atoms with Gasteiger partial charge in [-0.1, -0.05) is 0 Å². The van der Waals surface area contributed by atoms with Crippen molar-refractivity contribution >= 4 is 0 Å². The van der Waals surface area contributed by atoms with Crippen molar-refractivity contribution in [1.29, 1.82) is 0 Å². The van der Waals surface area contributed by atoms with Gasteiger partial charge in [0.2, 0.25) is 0 Å². The molecule has 0 radical (unpaired) electrons. The second-order valence-electron chi connectivity index (χ2n) is 4.80. The number of aliphatic hydroxyl groups excluding tert-OH is 3. The van der Waals surface area contributed by atoms with Crippen molar-refractivity contribution in [1.82, 2.24) is 0 Å². The SMILES string of the molecule is CC1(C)O[C@@H]2[C@H](O)[C@@H](O)C[C@H](CO)[C@@H]2O1. The Balaban J connectivity index is 2.18. The molecule has 0 aromatic rings. The molecule has 0 aromatic carbocycles. The van der Waals surface area contributed by atoms with E-state index in [1.54, 1.807) is 13.8 Å². The first-order valence-corrected chi connectivity index (χ1v) is 5.27. The maximum Gasteiger partial charge on any atom is 0.163 e. The van der Waals surface area contributed by atoms with E-state index in [9.17, 15) is 15.3 Å². The van der Waals surface area contributed by atoms with Crippen molar-refractivity contribution in [3.05, 3.63) is 0 Å². The lowest BCUT2D eigenvalue weighted by Gasteiger charge is -2.36. The predicted molar refractivity (Wildman–Crippen MR) is 51.0 cm³/mol. The van der Waals surface area contributed by atoms with E-state index in [2.05, 4.69) is 0 Å². The fraction of sp³-hybridized carbons (Fsp3) is 1.00. The average Bonchev–Trinajstić information content (AvgIpc) is 2.48. The first kappa shape index (κ1) is 11.3. The van der Waals surface area contributed by atoms with E-state index in [0.717, 1.165) is 0 Å². The number of hydrogen-bond donors (Lipinski definition) is 3. The van der Waals surface area contributed by atoms with Gasteiger partial charge >= 0.3 is 0 Å². The molecule has 3 N–H and O–H groups in total. The Morgan fingerprint density at radius 1 is 1.20 bits per heavy atom. The zero-order valence-electron chi connectivity index (χ0n) is 8.96. The highest BCUT2D eigenvalue weighted by Crippen LogP contribution is 2.39. The van der Waals surface area contributed by atoms with Crippen LogP contribution in [0.4, 0.5) is 0 Å². The second kappa shape index (κ2) is 3.68. The number of aliphatic hydroxyl groups is 3. The Bertz CT molecular complexity index is 234. The van der Waals surface area contributed by atoms with Crippen LogP contribution in [0.2, 0.25) is 0 Å². The summed E-state index contributed by atoms with van der Waals surface area (Å²) in [5.41, 5.74) is 0. The molecular weight excluding hydrogens is 200 g/mol. The second-order valence-corrected chi connectivity index (χ2v) is 4.80. The minimum Gasteiger partial charge on any atom is -0.396 e. The van der Waals surface area contributed by atoms with Crippen LogP contribution in [-0.4, -0.2) is 52.1 Å². The quantitative estimate of drug-likeness (QED) is 0.539. The molecule has 5 nitrogen and oxygen atoms in total. The molecule has 0 amide bonds. The Labute approximate surface area is 88.6 Å². The van der Waals surface area contributed by atoms with E-state index in [-0.39, 0.29) is 18.6 Å². The van der Waals surface area contributed by atoms with Crippen LogP contribution in [-0.2, 0) is 9.47 Å². The van der Waals surface area contributed by atoms with Crippen LogP contribution < -0.4 is 0 Å². The summed E-state index contributed by atoms with van der Waals surface area (Å²) in [5.74, 6) is -0.927. The highest BCUT2D eigenvalue weighted by atomic mass is 16.8. The molecule has 1 heterocycles. The predicted octanol–water partition coefficient (Wildman–Crippen LogP) is -0.760. The van der Waals surface area contributed by atoms with Crippen molar-refractivity contribution in [2.45, 2.75) is 50.5 Å². The standard InChI is InChI=1S/C10H18O5/c1-10(2)14-8-5(4-11)3-6(12)7(13)9(8)15-10/h5-9,11-13H,3-4H2,1-2H3/t5-,6+,7-,8+,9-/m1/s1. The monoisotopic (exact) mass is 218 g/mol. The lowest BCUT2D eigenvalue weighted by Crippen LogP contribution is -2.52. The zero-order valence-corrected chi connectivity index (χ0v) is 8.96. The molecule has 0 spiro atoms. The molecular formula is C10H18O5. The normalized spacial score (nSPS) is 49.0. The van der Waals surface area contributed by atoms with Gasteiger partial charge in [-0.15, -0.1) is 0 Å². The van der Waals surface area contributed by atoms with Gasteiger partial charge in [0.25, 0.3) is 0 Å². The van der Waals surface area contributed by atoms with Gasteiger partial charge in [-0.3, -0.25) is 0 Å². The lowest BCUT2D eigenvalue weighted by molar-refractivity contribution is -0.159. The third-order valence-electron chi connectivity index (χ3n) is 3.14. The molecule has 1 aliphatic heterocycles. The van der Waals surface area contributed by atoms with E-state index >= 15 is 0 Å². The number of hydrogen-bond acceptors (Lipinski definition) is 5. The van der Waals surface area contributed by atoms with Crippen LogP contribution in [0.1, 0.15) is 20.3 Å². The molecule has 5 heteroatoms. The minimum absolute atomic E-state index is 0.0651. The summed E-state index contributed by atoms with van der Waals surface area (Å²) >= 11 is 0. The van der Waals surface area contributed by atoms with Gasteiger partial charge in [0.05, 0.1) is 12.2 Å². The van der Waals surface area contributed by atoms with Crippen LogP contribution in [0, 0.1) is 5.92 Å². The number of fused-ring (bicyclic) bond motifs is 1. The summed E-state index contributed by atoms with van der Waals surface area (Å²) in [5, 5.41) is 28.5. The van der Waals surface area contributed by atoms with Crippen LogP contribution in [0.25, 0.3) is 0 Å². The van der Waals surface area contributed by atoms with Gasteiger partial charge in [-0.05, 0) is 20.3 Å². The third-order valence-corrected chi connectivity index (χ3v) is 3.14. The summed E-state index contributed by atoms with van der Waals surface area (Å²) in [4.78, 5) is 0. The third kappa shape index (κ3) is 1.90. The Morgan fingerprint density at radius 2 is 1.80 bits per heavy atom. The molecule has 2 fully saturated rings. The van der Waals surface area contributed by atoms with E-state index in [1.165, 1.54) is 0 Å². The fourth-order valence-electron chi connectivity index (χ4n) is 2.43. The van der Waals surface area contributed by atoms with Crippen LogP contribution >= 0.6 is 0 Å². The molecule has 2 rings (SSSR count). The average molecular weight is 218 g/mol. The minimum atomic E-state index is -0.931.